The first-order valence-electron chi connectivity index (χ1n) is 3.01. The molecule has 0 aliphatic rings. The Morgan fingerprint density at radius 3 is 3.00 bits per heavy atom. The Labute approximate surface area is 59.2 Å². The van der Waals surface area contributed by atoms with Crippen LogP contribution in [0.4, 0.5) is 0 Å². The van der Waals surface area contributed by atoms with Crippen LogP contribution in [-0.4, -0.2) is 15.6 Å². The second kappa shape index (κ2) is 2.51. The lowest BCUT2D eigenvalue weighted by Crippen LogP contribution is -2.19. The molecule has 4 heteroatoms. The van der Waals surface area contributed by atoms with Crippen LogP contribution in [-0.2, 0) is 6.54 Å². The number of nitrogens with one attached hydrogen (secondary N) is 1. The molecule has 0 fully saturated rings. The number of hydrogen-bond donors (Lipinski definition) is 2. The van der Waals surface area contributed by atoms with Crippen molar-refractivity contribution in [2.45, 2.75) is 13.5 Å². The quantitative estimate of drug-likeness (QED) is 0.450. The van der Waals surface area contributed by atoms with Crippen molar-refractivity contribution in [1.29, 1.82) is 5.41 Å². The summed E-state index contributed by atoms with van der Waals surface area (Å²) >= 11 is 0. The monoisotopic (exact) mass is 138 g/mol. The Hall–Kier alpha value is -1.32. The van der Waals surface area contributed by atoms with Crippen molar-refractivity contribution in [2.75, 3.05) is 0 Å². The highest BCUT2D eigenvalue weighted by molar-refractivity contribution is 5.76. The molecule has 0 unspecified atom stereocenters. The Bertz CT molecular complexity index is 238. The number of aryl methyl sites for hydroxylation is 1. The molecule has 0 aliphatic heterocycles. The molecule has 1 heterocycles. The van der Waals surface area contributed by atoms with Crippen LogP contribution < -0.4 is 5.73 Å². The Balaban J connectivity index is 2.74. The van der Waals surface area contributed by atoms with E-state index in [1.807, 2.05) is 13.0 Å². The molecule has 10 heavy (non-hydrogen) atoms. The lowest BCUT2D eigenvalue weighted by atomic mass is 10.5. The molecule has 0 amide bonds. The third kappa shape index (κ3) is 1.34. The first-order valence-corrected chi connectivity index (χ1v) is 3.01. The lowest BCUT2D eigenvalue weighted by molar-refractivity contribution is 0.694. The fourth-order valence-electron chi connectivity index (χ4n) is 0.726. The van der Waals surface area contributed by atoms with Gasteiger partial charge in [-0.1, -0.05) is 0 Å². The van der Waals surface area contributed by atoms with Crippen LogP contribution in [0.15, 0.2) is 12.3 Å². The molecule has 0 saturated heterocycles. The van der Waals surface area contributed by atoms with E-state index in [1.165, 1.54) is 0 Å². The van der Waals surface area contributed by atoms with Crippen molar-refractivity contribution in [2.24, 2.45) is 5.73 Å². The largest absolute Gasteiger partial charge is 0.386 e. The maximum absolute atomic E-state index is 6.98. The zero-order valence-electron chi connectivity index (χ0n) is 5.83. The average molecular weight is 138 g/mol. The molecule has 1 aromatic heterocycles. The van der Waals surface area contributed by atoms with Gasteiger partial charge in [0, 0.05) is 11.9 Å². The molecule has 4 nitrogen and oxygen atoms in total. The minimum Gasteiger partial charge on any atom is -0.386 e. The van der Waals surface area contributed by atoms with Crippen molar-refractivity contribution in [3.05, 3.63) is 18.0 Å². The van der Waals surface area contributed by atoms with Crippen LogP contribution in [0.5, 0.6) is 0 Å². The van der Waals surface area contributed by atoms with Crippen molar-refractivity contribution in [3.63, 3.8) is 0 Å². The van der Waals surface area contributed by atoms with Gasteiger partial charge in [0.2, 0.25) is 0 Å². The van der Waals surface area contributed by atoms with Crippen molar-refractivity contribution in [1.82, 2.24) is 9.78 Å². The normalized spacial score (nSPS) is 9.70. The van der Waals surface area contributed by atoms with Crippen LogP contribution >= 0.6 is 0 Å². The van der Waals surface area contributed by atoms with Gasteiger partial charge in [-0.3, -0.25) is 10.1 Å². The topological polar surface area (TPSA) is 67.7 Å². The van der Waals surface area contributed by atoms with Crippen molar-refractivity contribution < 1.29 is 0 Å². The molecule has 0 spiro atoms. The number of nitrogens with zero attached hydrogens (tertiary/aromatic N) is 2. The molecule has 3 N–H and O–H groups in total. The maximum atomic E-state index is 6.98. The number of nitrogens with two attached hydrogens (primary N) is 1. The van der Waals surface area contributed by atoms with E-state index < -0.39 is 0 Å². The molecule has 0 bridgehead atoms. The van der Waals surface area contributed by atoms with Gasteiger partial charge in [-0.25, -0.2) is 0 Å². The van der Waals surface area contributed by atoms with Gasteiger partial charge in [0.05, 0.1) is 6.54 Å². The van der Waals surface area contributed by atoms with Crippen molar-refractivity contribution >= 4 is 5.84 Å². The Morgan fingerprint density at radius 1 is 1.90 bits per heavy atom. The second-order valence-electron chi connectivity index (χ2n) is 2.16. The van der Waals surface area contributed by atoms with E-state index >= 15 is 0 Å². The lowest BCUT2D eigenvalue weighted by Gasteiger charge is -2.00. The maximum Gasteiger partial charge on any atom is 0.113 e. The number of amidine groups is 1. The first kappa shape index (κ1) is 6.80. The SMILES string of the molecule is Cc1ccnn1CC(=N)N. The molecule has 1 rings (SSSR count). The summed E-state index contributed by atoms with van der Waals surface area (Å²) in [6.07, 6.45) is 1.69. The Kier molecular flexibility index (Phi) is 1.71. The fraction of sp³-hybridized carbons (Fsp3) is 0.333. The van der Waals surface area contributed by atoms with Gasteiger partial charge in [-0.05, 0) is 13.0 Å². The number of aromatic nitrogens is 2. The van der Waals surface area contributed by atoms with Gasteiger partial charge in [0.1, 0.15) is 5.84 Å². The van der Waals surface area contributed by atoms with Crippen molar-refractivity contribution in [3.8, 4) is 0 Å². The highest BCUT2D eigenvalue weighted by atomic mass is 15.3. The van der Waals surface area contributed by atoms with E-state index in [2.05, 4.69) is 5.10 Å². The molecule has 0 atom stereocenters. The summed E-state index contributed by atoms with van der Waals surface area (Å²) in [5, 5.41) is 10.9. The van der Waals surface area contributed by atoms with Gasteiger partial charge in [0.15, 0.2) is 0 Å². The highest BCUT2D eigenvalue weighted by Crippen LogP contribution is 1.93. The van der Waals surface area contributed by atoms with Gasteiger partial charge in [0.25, 0.3) is 0 Å². The summed E-state index contributed by atoms with van der Waals surface area (Å²) in [6, 6.07) is 1.88. The van der Waals surface area contributed by atoms with Gasteiger partial charge in [-0.2, -0.15) is 5.10 Å². The molecule has 0 aliphatic carbocycles. The van der Waals surface area contributed by atoms with E-state index in [9.17, 15) is 0 Å². The van der Waals surface area contributed by atoms with E-state index in [0.29, 0.717) is 6.54 Å². The summed E-state index contributed by atoms with van der Waals surface area (Å²) in [6.45, 7) is 2.31. The van der Waals surface area contributed by atoms with Gasteiger partial charge < -0.3 is 5.73 Å². The third-order valence-electron chi connectivity index (χ3n) is 1.25. The Morgan fingerprint density at radius 2 is 2.60 bits per heavy atom. The summed E-state index contributed by atoms with van der Waals surface area (Å²) in [7, 11) is 0. The molecule has 0 aromatic carbocycles. The van der Waals surface area contributed by atoms with Crippen LogP contribution in [0.25, 0.3) is 0 Å². The number of hydrogen-bond acceptors (Lipinski definition) is 2. The summed E-state index contributed by atoms with van der Waals surface area (Å²) in [4.78, 5) is 0. The standard InChI is InChI=1S/C6H10N4/c1-5-2-3-9-10(5)4-6(7)8/h2-3H,4H2,1H3,(H3,7,8). The van der Waals surface area contributed by atoms with Crippen LogP contribution in [0, 0.1) is 12.3 Å². The van der Waals surface area contributed by atoms with Crippen LogP contribution in [0.2, 0.25) is 0 Å². The van der Waals surface area contributed by atoms with E-state index in [4.69, 9.17) is 11.1 Å². The van der Waals surface area contributed by atoms with E-state index in [1.54, 1.807) is 10.9 Å². The molecular formula is C6H10N4. The summed E-state index contributed by atoms with van der Waals surface area (Å²) in [5.74, 6) is 0.131. The zero-order chi connectivity index (χ0) is 7.56. The summed E-state index contributed by atoms with van der Waals surface area (Å²) < 4.78 is 1.68. The summed E-state index contributed by atoms with van der Waals surface area (Å²) in [5.41, 5.74) is 6.20. The molecule has 0 saturated carbocycles. The van der Waals surface area contributed by atoms with E-state index in [-0.39, 0.29) is 5.84 Å². The second-order valence-corrected chi connectivity index (χ2v) is 2.16. The van der Waals surface area contributed by atoms with E-state index in [0.717, 1.165) is 5.69 Å². The highest BCUT2D eigenvalue weighted by Gasteiger charge is 1.96. The van der Waals surface area contributed by atoms with Crippen LogP contribution in [0.1, 0.15) is 5.69 Å². The zero-order valence-corrected chi connectivity index (χ0v) is 5.83. The smallest absolute Gasteiger partial charge is 0.113 e. The minimum atomic E-state index is 0.131. The molecule has 1 aromatic rings. The molecule has 54 valence electrons. The third-order valence-corrected chi connectivity index (χ3v) is 1.25. The van der Waals surface area contributed by atoms with Gasteiger partial charge >= 0.3 is 0 Å². The molecule has 0 radical (unpaired) electrons. The molecular weight excluding hydrogens is 128 g/mol. The first-order chi connectivity index (χ1) is 4.70. The fourth-order valence-corrected chi connectivity index (χ4v) is 0.726. The predicted molar refractivity (Wildman–Crippen MR) is 38.9 cm³/mol. The minimum absolute atomic E-state index is 0.131. The predicted octanol–water partition coefficient (Wildman–Crippen LogP) is 0.127. The van der Waals surface area contributed by atoms with Crippen LogP contribution in [0.3, 0.4) is 0 Å². The number of rotatable bonds is 2. The average Bonchev–Trinajstić information content (AvgIpc) is 2.15. The van der Waals surface area contributed by atoms with Gasteiger partial charge in [-0.15, -0.1) is 0 Å².